The molecule has 0 fully saturated rings. The summed E-state index contributed by atoms with van der Waals surface area (Å²) in [7, 11) is 1.87. The number of carbonyl (C=O) groups excluding carboxylic acids is 1. The van der Waals surface area contributed by atoms with Crippen LogP contribution in [0.1, 0.15) is 56.8 Å². The lowest BCUT2D eigenvalue weighted by Crippen LogP contribution is -2.16. The number of hydrogen-bond donors (Lipinski definition) is 1. The van der Waals surface area contributed by atoms with Crippen LogP contribution in [0.25, 0.3) is 11.4 Å². The van der Waals surface area contributed by atoms with Crippen LogP contribution in [0.4, 0.5) is 5.69 Å². The van der Waals surface area contributed by atoms with Crippen LogP contribution in [0.3, 0.4) is 0 Å². The van der Waals surface area contributed by atoms with E-state index in [1.165, 1.54) is 43.9 Å². The van der Waals surface area contributed by atoms with E-state index in [0.29, 0.717) is 5.02 Å². The summed E-state index contributed by atoms with van der Waals surface area (Å²) >= 11 is 7.47. The predicted molar refractivity (Wildman–Crippen MR) is 136 cm³/mol. The van der Waals surface area contributed by atoms with Gasteiger partial charge in [-0.15, -0.1) is 10.2 Å². The van der Waals surface area contributed by atoms with Crippen molar-refractivity contribution in [3.63, 3.8) is 0 Å². The van der Waals surface area contributed by atoms with Crippen LogP contribution in [0.2, 0.25) is 5.02 Å². The molecule has 2 heterocycles. The smallest absolute Gasteiger partial charge is 0.234 e. The van der Waals surface area contributed by atoms with Crippen LogP contribution in [-0.2, 0) is 18.4 Å². The molecule has 0 aliphatic heterocycles. The van der Waals surface area contributed by atoms with Gasteiger partial charge in [0.15, 0.2) is 11.0 Å². The third-order valence-electron chi connectivity index (χ3n) is 5.66. The summed E-state index contributed by atoms with van der Waals surface area (Å²) in [5.74, 6) is 0.978. The monoisotopic (exact) mass is 488 g/mol. The molecule has 0 atom stereocenters. The van der Waals surface area contributed by atoms with Crippen molar-refractivity contribution in [1.29, 1.82) is 0 Å². The fraction of sp³-hybridized carbons (Fsp3) is 0.500. The van der Waals surface area contributed by atoms with Gasteiger partial charge in [0.25, 0.3) is 0 Å². The molecule has 7 nitrogen and oxygen atoms in total. The molecule has 9 heteroatoms. The van der Waals surface area contributed by atoms with Gasteiger partial charge >= 0.3 is 0 Å². The summed E-state index contributed by atoms with van der Waals surface area (Å²) < 4.78 is 3.90. The topological polar surface area (TPSA) is 77.6 Å². The first-order valence-corrected chi connectivity index (χ1v) is 12.9. The highest BCUT2D eigenvalue weighted by molar-refractivity contribution is 7.99. The number of rotatable bonds is 12. The highest BCUT2D eigenvalue weighted by Gasteiger charge is 2.17. The second-order valence-electron chi connectivity index (χ2n) is 8.24. The van der Waals surface area contributed by atoms with E-state index in [0.717, 1.165) is 46.6 Å². The van der Waals surface area contributed by atoms with Gasteiger partial charge in [0, 0.05) is 24.2 Å². The number of benzene rings is 1. The van der Waals surface area contributed by atoms with E-state index in [9.17, 15) is 4.79 Å². The number of nitrogens with zero attached hydrogens (tertiary/aromatic N) is 5. The molecule has 0 saturated carbocycles. The van der Waals surface area contributed by atoms with Crippen molar-refractivity contribution in [1.82, 2.24) is 24.5 Å². The Morgan fingerprint density at radius 1 is 1.06 bits per heavy atom. The summed E-state index contributed by atoms with van der Waals surface area (Å²) in [6, 6.07) is 7.64. The van der Waals surface area contributed by atoms with Gasteiger partial charge in [-0.1, -0.05) is 62.4 Å². The lowest BCUT2D eigenvalue weighted by Gasteiger charge is -2.11. The number of aromatic nitrogens is 5. The summed E-state index contributed by atoms with van der Waals surface area (Å²) in [6.45, 7) is 6.89. The van der Waals surface area contributed by atoms with E-state index in [2.05, 4.69) is 32.1 Å². The van der Waals surface area contributed by atoms with Gasteiger partial charge in [-0.25, -0.2) is 0 Å². The number of amides is 1. The van der Waals surface area contributed by atoms with E-state index in [-0.39, 0.29) is 11.7 Å². The van der Waals surface area contributed by atoms with Crippen molar-refractivity contribution in [2.75, 3.05) is 11.1 Å². The maximum atomic E-state index is 12.6. The molecule has 0 aliphatic carbocycles. The van der Waals surface area contributed by atoms with Gasteiger partial charge in [-0.2, -0.15) is 5.10 Å². The predicted octanol–water partition coefficient (Wildman–Crippen LogP) is 6.04. The standard InChI is InChI=1S/C24H33ClN6OS/c1-5-6-7-8-9-10-15-31-23(19-11-13-20(25)14-12-19)27-28-24(31)33-16-21(32)26-22-17(2)29-30(4)18(22)3/h11-14H,5-10,15-16H2,1-4H3,(H,26,32). The van der Waals surface area contributed by atoms with Crippen molar-refractivity contribution in [3.05, 3.63) is 40.7 Å². The molecule has 0 unspecified atom stereocenters. The molecular formula is C24H33ClN6OS. The zero-order valence-electron chi connectivity index (χ0n) is 19.9. The number of unbranched alkanes of at least 4 members (excludes halogenated alkanes) is 5. The van der Waals surface area contributed by atoms with E-state index in [4.69, 9.17) is 11.6 Å². The molecule has 0 radical (unpaired) electrons. The molecule has 0 bridgehead atoms. The Bertz CT molecular complexity index is 1060. The molecule has 0 saturated heterocycles. The van der Waals surface area contributed by atoms with Crippen molar-refractivity contribution < 1.29 is 4.79 Å². The summed E-state index contributed by atoms with van der Waals surface area (Å²) in [5, 5.41) is 17.6. The third kappa shape index (κ3) is 6.84. The van der Waals surface area contributed by atoms with Gasteiger partial charge in [0.1, 0.15) is 0 Å². The van der Waals surface area contributed by atoms with Gasteiger partial charge in [0.05, 0.1) is 22.8 Å². The van der Waals surface area contributed by atoms with E-state index in [1.807, 2.05) is 45.2 Å². The maximum absolute atomic E-state index is 12.6. The van der Waals surface area contributed by atoms with Gasteiger partial charge < -0.3 is 9.88 Å². The average Bonchev–Trinajstić information content (AvgIpc) is 3.30. The molecule has 178 valence electrons. The molecule has 1 aromatic carbocycles. The lowest BCUT2D eigenvalue weighted by atomic mass is 10.1. The number of thioether (sulfide) groups is 1. The highest BCUT2D eigenvalue weighted by Crippen LogP contribution is 2.26. The van der Waals surface area contributed by atoms with Crippen molar-refractivity contribution >= 4 is 35.0 Å². The van der Waals surface area contributed by atoms with Crippen molar-refractivity contribution in [2.24, 2.45) is 7.05 Å². The molecule has 0 aliphatic rings. The first-order chi connectivity index (χ1) is 15.9. The summed E-state index contributed by atoms with van der Waals surface area (Å²) in [6.07, 6.45) is 7.26. The maximum Gasteiger partial charge on any atom is 0.234 e. The molecule has 3 rings (SSSR count). The molecule has 3 aromatic rings. The van der Waals surface area contributed by atoms with Crippen LogP contribution >= 0.6 is 23.4 Å². The number of carbonyl (C=O) groups is 1. The second-order valence-corrected chi connectivity index (χ2v) is 9.62. The van der Waals surface area contributed by atoms with Crippen LogP contribution < -0.4 is 5.32 Å². The molecule has 1 N–H and O–H groups in total. The molecule has 1 amide bonds. The third-order valence-corrected chi connectivity index (χ3v) is 6.88. The minimum absolute atomic E-state index is 0.0821. The van der Waals surface area contributed by atoms with Gasteiger partial charge in [-0.05, 0) is 44.5 Å². The number of halogens is 1. The van der Waals surface area contributed by atoms with Crippen molar-refractivity contribution in [3.8, 4) is 11.4 Å². The van der Waals surface area contributed by atoms with Gasteiger partial charge in [-0.3, -0.25) is 9.48 Å². The number of aryl methyl sites for hydroxylation is 2. The Hall–Kier alpha value is -2.32. The normalized spacial score (nSPS) is 11.2. The Morgan fingerprint density at radius 3 is 2.42 bits per heavy atom. The molecule has 33 heavy (non-hydrogen) atoms. The molecule has 2 aromatic heterocycles. The van der Waals surface area contributed by atoms with E-state index >= 15 is 0 Å². The van der Waals surface area contributed by atoms with E-state index in [1.54, 1.807) is 4.68 Å². The second kappa shape index (κ2) is 12.2. The highest BCUT2D eigenvalue weighted by atomic mass is 35.5. The Balaban J connectivity index is 1.69. The van der Waals surface area contributed by atoms with Crippen molar-refractivity contribution in [2.45, 2.75) is 71.0 Å². The van der Waals surface area contributed by atoms with Crippen LogP contribution in [0.5, 0.6) is 0 Å². The average molecular weight is 489 g/mol. The molecule has 0 spiro atoms. The summed E-state index contributed by atoms with van der Waals surface area (Å²) in [5.41, 5.74) is 3.49. The first kappa shape index (κ1) is 25.3. The molecular weight excluding hydrogens is 456 g/mol. The van der Waals surface area contributed by atoms with E-state index < -0.39 is 0 Å². The zero-order chi connectivity index (χ0) is 23.8. The Morgan fingerprint density at radius 2 is 1.76 bits per heavy atom. The fourth-order valence-corrected chi connectivity index (χ4v) is 4.61. The van der Waals surface area contributed by atoms with Crippen LogP contribution in [0.15, 0.2) is 29.4 Å². The lowest BCUT2D eigenvalue weighted by molar-refractivity contribution is -0.113. The minimum atomic E-state index is -0.0821. The first-order valence-electron chi connectivity index (χ1n) is 11.5. The fourth-order valence-electron chi connectivity index (χ4n) is 3.72. The summed E-state index contributed by atoms with van der Waals surface area (Å²) in [4.78, 5) is 12.6. The Kier molecular flexibility index (Phi) is 9.38. The Labute approximate surface area is 205 Å². The number of hydrogen-bond acceptors (Lipinski definition) is 5. The number of anilines is 1. The van der Waals surface area contributed by atoms with Crippen LogP contribution in [0, 0.1) is 13.8 Å². The zero-order valence-corrected chi connectivity index (χ0v) is 21.5. The van der Waals surface area contributed by atoms with Crippen LogP contribution in [-0.4, -0.2) is 36.2 Å². The quantitative estimate of drug-likeness (QED) is 0.248. The SMILES string of the molecule is CCCCCCCCn1c(SCC(=O)Nc2c(C)nn(C)c2C)nnc1-c1ccc(Cl)cc1. The number of nitrogens with one attached hydrogen (secondary N) is 1. The minimum Gasteiger partial charge on any atom is -0.322 e. The largest absolute Gasteiger partial charge is 0.322 e. The van der Waals surface area contributed by atoms with Gasteiger partial charge in [0.2, 0.25) is 5.91 Å².